The fourth-order valence-electron chi connectivity index (χ4n) is 6.34. The van der Waals surface area contributed by atoms with Gasteiger partial charge in [-0.05, 0) is 60.5 Å². The van der Waals surface area contributed by atoms with Crippen molar-refractivity contribution in [1.29, 1.82) is 0 Å². The normalized spacial score (nSPS) is 31.2. The molecule has 0 aliphatic heterocycles. The van der Waals surface area contributed by atoms with E-state index in [-0.39, 0.29) is 46.9 Å². The van der Waals surface area contributed by atoms with Crippen molar-refractivity contribution in [2.75, 3.05) is 0 Å². The first-order valence-electron chi connectivity index (χ1n) is 12.5. The maximum Gasteiger partial charge on any atom is 0.271 e. The number of carbonyl (C=O) groups excluding carboxylic acids is 2. The Morgan fingerprint density at radius 1 is 1.23 bits per heavy atom. The fourth-order valence-corrected chi connectivity index (χ4v) is 6.54. The Hall–Kier alpha value is -2.51. The zero-order valence-corrected chi connectivity index (χ0v) is 21.3. The highest BCUT2D eigenvalue weighted by atomic mass is 35.5. The molecule has 0 bridgehead atoms. The van der Waals surface area contributed by atoms with Gasteiger partial charge in [-0.2, -0.15) is 0 Å². The Morgan fingerprint density at radius 2 is 1.97 bits per heavy atom. The molecule has 2 amide bonds. The summed E-state index contributed by atoms with van der Waals surface area (Å²) in [6, 6.07) is 7.39. The second-order valence-electron chi connectivity index (χ2n) is 10.5. The number of aliphatic hydroxyl groups excluding tert-OH is 1. The number of hydrogen-bond acceptors (Lipinski definition) is 5. The van der Waals surface area contributed by atoms with Gasteiger partial charge < -0.3 is 15.7 Å². The minimum absolute atomic E-state index is 0.0130. The van der Waals surface area contributed by atoms with Crippen molar-refractivity contribution in [3.63, 3.8) is 0 Å². The maximum atomic E-state index is 13.0. The van der Waals surface area contributed by atoms with Crippen LogP contribution in [0.4, 0.5) is 0 Å². The third-order valence-electron chi connectivity index (χ3n) is 8.47. The predicted octanol–water partition coefficient (Wildman–Crippen LogP) is 4.00. The number of nitrogens with zero attached hydrogens (tertiary/aromatic N) is 2. The Balaban J connectivity index is 1.43. The molecule has 2 aliphatic carbocycles. The Morgan fingerprint density at radius 3 is 2.69 bits per heavy atom. The number of halogens is 1. The van der Waals surface area contributed by atoms with E-state index in [1.54, 1.807) is 0 Å². The average Bonchev–Trinajstić information content (AvgIpc) is 2.85. The van der Waals surface area contributed by atoms with Crippen molar-refractivity contribution in [2.45, 2.75) is 65.1 Å². The molecule has 188 valence electrons. The van der Waals surface area contributed by atoms with Crippen LogP contribution in [-0.2, 0) is 11.3 Å². The molecule has 2 aliphatic rings. The zero-order chi connectivity index (χ0) is 25.2. The molecule has 2 saturated carbocycles. The van der Waals surface area contributed by atoms with Crippen LogP contribution in [0.5, 0.6) is 0 Å². The minimum Gasteiger partial charge on any atom is -0.392 e. The highest BCUT2D eigenvalue weighted by Crippen LogP contribution is 2.55. The smallest absolute Gasteiger partial charge is 0.271 e. The Bertz CT molecular complexity index is 1050. The topological polar surface area (TPSA) is 104 Å². The minimum atomic E-state index is -0.624. The van der Waals surface area contributed by atoms with Crippen molar-refractivity contribution >= 4 is 23.4 Å². The summed E-state index contributed by atoms with van der Waals surface area (Å²) in [6.45, 7) is 6.62. The second-order valence-corrected chi connectivity index (χ2v) is 10.9. The summed E-state index contributed by atoms with van der Waals surface area (Å²) in [5.41, 5.74) is 1.14. The van der Waals surface area contributed by atoms with Gasteiger partial charge in [0.05, 0.1) is 12.3 Å². The monoisotopic (exact) mass is 498 g/mol. The molecule has 2 fully saturated rings. The summed E-state index contributed by atoms with van der Waals surface area (Å²) < 4.78 is 0. The summed E-state index contributed by atoms with van der Waals surface area (Å²) in [5, 5.41) is 18.3. The first-order chi connectivity index (χ1) is 16.7. The summed E-state index contributed by atoms with van der Waals surface area (Å²) in [4.78, 5) is 33.8. The highest BCUT2D eigenvalue weighted by molar-refractivity contribution is 6.31. The van der Waals surface area contributed by atoms with Crippen LogP contribution < -0.4 is 10.6 Å². The number of benzene rings is 1. The van der Waals surface area contributed by atoms with Crippen molar-refractivity contribution < 1.29 is 14.7 Å². The molecule has 0 saturated heterocycles. The van der Waals surface area contributed by atoms with Crippen LogP contribution in [0.1, 0.15) is 62.5 Å². The molecule has 3 N–H and O–H groups in total. The van der Waals surface area contributed by atoms with E-state index >= 15 is 0 Å². The van der Waals surface area contributed by atoms with E-state index in [0.29, 0.717) is 17.3 Å². The van der Waals surface area contributed by atoms with Gasteiger partial charge in [0, 0.05) is 35.9 Å². The molecule has 4 rings (SSSR count). The molecule has 0 radical (unpaired) electrons. The van der Waals surface area contributed by atoms with Gasteiger partial charge in [-0.25, -0.2) is 4.98 Å². The first kappa shape index (κ1) is 25.6. The molecule has 7 nitrogen and oxygen atoms in total. The van der Waals surface area contributed by atoms with E-state index in [2.05, 4.69) is 34.4 Å². The van der Waals surface area contributed by atoms with Gasteiger partial charge in [-0.1, -0.05) is 50.6 Å². The zero-order valence-electron chi connectivity index (χ0n) is 20.6. The average molecular weight is 499 g/mol. The summed E-state index contributed by atoms with van der Waals surface area (Å²) in [5.74, 6) is -0.747. The first-order valence-corrected chi connectivity index (χ1v) is 12.8. The van der Waals surface area contributed by atoms with Gasteiger partial charge in [0.1, 0.15) is 5.69 Å². The van der Waals surface area contributed by atoms with Gasteiger partial charge in [0.2, 0.25) is 5.91 Å². The lowest BCUT2D eigenvalue weighted by Crippen LogP contribution is -2.58. The predicted molar refractivity (Wildman–Crippen MR) is 134 cm³/mol. The number of carbonyl (C=O) groups is 2. The highest BCUT2D eigenvalue weighted by Gasteiger charge is 2.53. The van der Waals surface area contributed by atoms with Gasteiger partial charge in [-0.3, -0.25) is 14.6 Å². The number of aliphatic hydroxyl groups is 1. The van der Waals surface area contributed by atoms with Crippen LogP contribution in [0, 0.1) is 29.1 Å². The molecule has 2 aromatic rings. The lowest BCUT2D eigenvalue weighted by Gasteiger charge is -2.56. The number of nitrogens with one attached hydrogen (secondary N) is 2. The van der Waals surface area contributed by atoms with Crippen LogP contribution in [0.25, 0.3) is 0 Å². The third kappa shape index (κ3) is 5.36. The fraction of sp³-hybridized carbons (Fsp3) is 0.556. The molecule has 8 heteroatoms. The standard InChI is InChI=1S/C27H35ClN4O3/c1-16(25(34)31-14-18-6-4-5-7-20(18)28)19-8-10-27(3)11-9-21(17(2)23(27)24(19)33)32-26(35)22-15-29-12-13-30-22/h4-7,12-13,15-17,19,21,23-24,33H,8-11,14H2,1-3H3,(H,31,34)(H,32,35)/t16-,17+,19+,21-,23+,24-,27-/m0/s1. The molecular weight excluding hydrogens is 464 g/mol. The van der Waals surface area contributed by atoms with E-state index < -0.39 is 6.10 Å². The van der Waals surface area contributed by atoms with Gasteiger partial charge in [0.15, 0.2) is 0 Å². The number of fused-ring (bicyclic) bond motifs is 1. The van der Waals surface area contributed by atoms with E-state index in [9.17, 15) is 14.7 Å². The molecule has 0 unspecified atom stereocenters. The molecule has 1 aromatic carbocycles. The largest absolute Gasteiger partial charge is 0.392 e. The van der Waals surface area contributed by atoms with Crippen LogP contribution in [0.3, 0.4) is 0 Å². The number of hydrogen-bond donors (Lipinski definition) is 3. The molecule has 7 atom stereocenters. The van der Waals surface area contributed by atoms with Crippen LogP contribution in [-0.4, -0.2) is 39.0 Å². The SMILES string of the molecule is C[C@H]1[C@@H]2[C@@H](O)[C@@H]([C@H](C)C(=O)NCc3ccccc3Cl)CC[C@@]2(C)CC[C@@H]1NC(=O)c1cnccn1. The summed E-state index contributed by atoms with van der Waals surface area (Å²) >= 11 is 6.23. The van der Waals surface area contributed by atoms with Crippen molar-refractivity contribution in [3.8, 4) is 0 Å². The second kappa shape index (κ2) is 10.6. The molecule has 35 heavy (non-hydrogen) atoms. The molecular formula is C27H35ClN4O3. The van der Waals surface area contributed by atoms with Gasteiger partial charge >= 0.3 is 0 Å². The number of amides is 2. The van der Waals surface area contributed by atoms with E-state index in [1.165, 1.54) is 18.6 Å². The number of rotatable bonds is 6. The van der Waals surface area contributed by atoms with E-state index in [4.69, 9.17) is 11.6 Å². The van der Waals surface area contributed by atoms with Crippen molar-refractivity contribution in [2.24, 2.45) is 29.1 Å². The Labute approximate surface area is 212 Å². The van der Waals surface area contributed by atoms with Gasteiger partial charge in [0.25, 0.3) is 5.91 Å². The van der Waals surface area contributed by atoms with E-state index in [1.807, 2.05) is 31.2 Å². The van der Waals surface area contributed by atoms with Gasteiger partial charge in [-0.15, -0.1) is 0 Å². The van der Waals surface area contributed by atoms with Crippen LogP contribution in [0.15, 0.2) is 42.9 Å². The lowest BCUT2D eigenvalue weighted by molar-refractivity contribution is -0.142. The summed E-state index contributed by atoms with van der Waals surface area (Å²) in [7, 11) is 0. The third-order valence-corrected chi connectivity index (χ3v) is 8.84. The summed E-state index contributed by atoms with van der Waals surface area (Å²) in [6.07, 6.45) is 7.41. The van der Waals surface area contributed by atoms with E-state index in [0.717, 1.165) is 31.2 Å². The van der Waals surface area contributed by atoms with Crippen LogP contribution in [0.2, 0.25) is 5.02 Å². The maximum absolute atomic E-state index is 13.0. The number of aromatic nitrogens is 2. The molecule has 1 heterocycles. The van der Waals surface area contributed by atoms with Crippen molar-refractivity contribution in [3.05, 3.63) is 59.1 Å². The van der Waals surface area contributed by atoms with Crippen molar-refractivity contribution in [1.82, 2.24) is 20.6 Å². The van der Waals surface area contributed by atoms with Crippen LogP contribution >= 0.6 is 11.6 Å². The molecule has 0 spiro atoms. The lowest BCUT2D eigenvalue weighted by atomic mass is 9.51. The molecule has 1 aromatic heterocycles. The Kier molecular flexibility index (Phi) is 7.77. The quantitative estimate of drug-likeness (QED) is 0.558.